The molecule has 0 radical (unpaired) electrons. The minimum Gasteiger partial charge on any atom is -0.461 e. The number of hydrogen-bond donors (Lipinski definition) is 0. The molecule has 0 N–H and O–H groups in total. The zero-order valence-electron chi connectivity index (χ0n) is 7.97. The highest BCUT2D eigenvalue weighted by Gasteiger charge is 2.29. The van der Waals surface area contributed by atoms with Gasteiger partial charge in [0.2, 0.25) is 0 Å². The van der Waals surface area contributed by atoms with E-state index in [4.69, 9.17) is 0 Å². The van der Waals surface area contributed by atoms with Crippen LogP contribution in [0.4, 0.5) is 13.2 Å². The second-order valence-electron chi connectivity index (χ2n) is 2.97. The Morgan fingerprint density at radius 3 is 2.20 bits per heavy atom. The third kappa shape index (κ3) is 3.61. The van der Waals surface area contributed by atoms with E-state index in [0.29, 0.717) is 5.56 Å². The maximum Gasteiger partial charge on any atom is 0.416 e. The molecule has 0 aliphatic rings. The zero-order chi connectivity index (χ0) is 11.5. The van der Waals surface area contributed by atoms with Gasteiger partial charge in [0.25, 0.3) is 0 Å². The summed E-state index contributed by atoms with van der Waals surface area (Å²) in [5.41, 5.74) is -0.188. The van der Waals surface area contributed by atoms with Crippen LogP contribution in [0.1, 0.15) is 18.1 Å². The van der Waals surface area contributed by atoms with Crippen LogP contribution in [0.3, 0.4) is 0 Å². The van der Waals surface area contributed by atoms with Crippen molar-refractivity contribution in [2.24, 2.45) is 0 Å². The van der Waals surface area contributed by atoms with Gasteiger partial charge in [-0.3, -0.25) is 4.79 Å². The highest BCUT2D eigenvalue weighted by atomic mass is 19.4. The fraction of sp³-hybridized carbons (Fsp3) is 0.300. The summed E-state index contributed by atoms with van der Waals surface area (Å²) in [6, 6.07) is 4.48. The number of halogens is 3. The SMILES string of the molecule is CC(=O)OCc1ccc(C(F)(F)F)cc1. The van der Waals surface area contributed by atoms with Gasteiger partial charge in [0, 0.05) is 6.92 Å². The monoisotopic (exact) mass is 218 g/mol. The maximum atomic E-state index is 12.1. The van der Waals surface area contributed by atoms with Crippen LogP contribution in [0.2, 0.25) is 0 Å². The van der Waals surface area contributed by atoms with Gasteiger partial charge < -0.3 is 4.74 Å². The lowest BCUT2D eigenvalue weighted by Gasteiger charge is -2.07. The van der Waals surface area contributed by atoms with Crippen LogP contribution in [0.5, 0.6) is 0 Å². The highest BCUT2D eigenvalue weighted by Crippen LogP contribution is 2.29. The van der Waals surface area contributed by atoms with E-state index in [1.54, 1.807) is 0 Å². The molecule has 0 unspecified atom stereocenters. The number of carbonyl (C=O) groups excluding carboxylic acids is 1. The van der Waals surface area contributed by atoms with Crippen molar-refractivity contribution in [2.45, 2.75) is 19.7 Å². The Hall–Kier alpha value is -1.52. The van der Waals surface area contributed by atoms with Crippen molar-refractivity contribution in [1.29, 1.82) is 0 Å². The van der Waals surface area contributed by atoms with Gasteiger partial charge in [0.05, 0.1) is 5.56 Å². The topological polar surface area (TPSA) is 26.3 Å². The minimum atomic E-state index is -4.33. The van der Waals surface area contributed by atoms with Crippen LogP contribution in [0.15, 0.2) is 24.3 Å². The Labute approximate surface area is 84.7 Å². The fourth-order valence-corrected chi connectivity index (χ4v) is 0.975. The molecular formula is C10H9F3O2. The van der Waals surface area contributed by atoms with Gasteiger partial charge in [-0.15, -0.1) is 0 Å². The van der Waals surface area contributed by atoms with E-state index in [9.17, 15) is 18.0 Å². The van der Waals surface area contributed by atoms with Gasteiger partial charge in [-0.05, 0) is 17.7 Å². The number of benzene rings is 1. The van der Waals surface area contributed by atoms with Crippen LogP contribution in [-0.4, -0.2) is 5.97 Å². The third-order valence-electron chi connectivity index (χ3n) is 1.72. The minimum absolute atomic E-state index is 0.00648. The van der Waals surface area contributed by atoms with E-state index in [-0.39, 0.29) is 6.61 Å². The molecule has 82 valence electrons. The predicted octanol–water partition coefficient (Wildman–Crippen LogP) is 2.77. The standard InChI is InChI=1S/C10H9F3O2/c1-7(14)15-6-8-2-4-9(5-3-8)10(11,12)13/h2-5H,6H2,1H3. The van der Waals surface area contributed by atoms with E-state index in [0.717, 1.165) is 12.1 Å². The van der Waals surface area contributed by atoms with E-state index in [1.165, 1.54) is 19.1 Å². The van der Waals surface area contributed by atoms with Crippen molar-refractivity contribution in [3.05, 3.63) is 35.4 Å². The number of carbonyl (C=O) groups is 1. The lowest BCUT2D eigenvalue weighted by molar-refractivity contribution is -0.142. The van der Waals surface area contributed by atoms with Crippen LogP contribution >= 0.6 is 0 Å². The highest BCUT2D eigenvalue weighted by molar-refractivity contribution is 5.65. The molecule has 0 saturated heterocycles. The van der Waals surface area contributed by atoms with Gasteiger partial charge in [0.15, 0.2) is 0 Å². The van der Waals surface area contributed by atoms with Crippen LogP contribution < -0.4 is 0 Å². The first kappa shape index (κ1) is 11.6. The van der Waals surface area contributed by atoms with Crippen molar-refractivity contribution in [1.82, 2.24) is 0 Å². The van der Waals surface area contributed by atoms with Crippen LogP contribution in [0.25, 0.3) is 0 Å². The van der Waals surface area contributed by atoms with E-state index in [2.05, 4.69) is 4.74 Å². The van der Waals surface area contributed by atoms with E-state index in [1.807, 2.05) is 0 Å². The Kier molecular flexibility index (Phi) is 3.34. The van der Waals surface area contributed by atoms with Crippen molar-refractivity contribution < 1.29 is 22.7 Å². The first-order chi connectivity index (χ1) is 6.89. The molecule has 2 nitrogen and oxygen atoms in total. The second kappa shape index (κ2) is 4.33. The molecule has 5 heteroatoms. The first-order valence-corrected chi connectivity index (χ1v) is 4.19. The molecule has 1 rings (SSSR count). The number of alkyl halides is 3. The quantitative estimate of drug-likeness (QED) is 0.713. The lowest BCUT2D eigenvalue weighted by atomic mass is 10.1. The van der Waals surface area contributed by atoms with Gasteiger partial charge in [-0.1, -0.05) is 12.1 Å². The number of rotatable bonds is 2. The molecule has 0 amide bonds. The largest absolute Gasteiger partial charge is 0.461 e. The van der Waals surface area contributed by atoms with E-state index < -0.39 is 17.7 Å². The number of hydrogen-bond acceptors (Lipinski definition) is 2. The molecule has 0 aliphatic heterocycles. The summed E-state index contributed by atoms with van der Waals surface area (Å²) in [6.45, 7) is 1.23. The Bertz CT molecular complexity index is 341. The molecule has 1 aromatic rings. The molecule has 1 aromatic carbocycles. The molecule has 0 heterocycles. The zero-order valence-corrected chi connectivity index (χ0v) is 7.97. The van der Waals surface area contributed by atoms with Gasteiger partial charge in [0.1, 0.15) is 6.61 Å². The summed E-state index contributed by atoms with van der Waals surface area (Å²) in [5, 5.41) is 0. The van der Waals surface area contributed by atoms with Crippen molar-refractivity contribution in [3.8, 4) is 0 Å². The number of ether oxygens (including phenoxy) is 1. The van der Waals surface area contributed by atoms with Gasteiger partial charge in [-0.2, -0.15) is 13.2 Å². The number of esters is 1. The summed E-state index contributed by atoms with van der Waals surface area (Å²) in [5.74, 6) is -0.463. The molecule has 0 atom stereocenters. The molecule has 0 spiro atoms. The lowest BCUT2D eigenvalue weighted by Crippen LogP contribution is -2.05. The molecule has 0 bridgehead atoms. The van der Waals surface area contributed by atoms with Gasteiger partial charge >= 0.3 is 12.1 Å². The summed E-state index contributed by atoms with van der Waals surface area (Å²) in [7, 11) is 0. The second-order valence-corrected chi connectivity index (χ2v) is 2.97. The molecule has 0 saturated carbocycles. The molecule has 0 fully saturated rings. The van der Waals surface area contributed by atoms with Crippen LogP contribution in [-0.2, 0) is 22.3 Å². The summed E-state index contributed by atoms with van der Waals surface area (Å²) in [6.07, 6.45) is -4.33. The summed E-state index contributed by atoms with van der Waals surface area (Å²) >= 11 is 0. The Morgan fingerprint density at radius 1 is 1.27 bits per heavy atom. The normalized spacial score (nSPS) is 11.2. The smallest absolute Gasteiger partial charge is 0.416 e. The summed E-state index contributed by atoms with van der Waals surface area (Å²) in [4.78, 5) is 10.4. The van der Waals surface area contributed by atoms with Crippen molar-refractivity contribution >= 4 is 5.97 Å². The molecule has 15 heavy (non-hydrogen) atoms. The summed E-state index contributed by atoms with van der Waals surface area (Å²) < 4.78 is 41.1. The average Bonchev–Trinajstić information content (AvgIpc) is 2.14. The molecular weight excluding hydrogens is 209 g/mol. The maximum absolute atomic E-state index is 12.1. The third-order valence-corrected chi connectivity index (χ3v) is 1.72. The fourth-order valence-electron chi connectivity index (χ4n) is 0.975. The Balaban J connectivity index is 2.69. The van der Waals surface area contributed by atoms with Crippen LogP contribution in [0, 0.1) is 0 Å². The predicted molar refractivity (Wildman–Crippen MR) is 46.9 cm³/mol. The first-order valence-electron chi connectivity index (χ1n) is 4.19. The Morgan fingerprint density at radius 2 is 1.80 bits per heavy atom. The van der Waals surface area contributed by atoms with Crippen molar-refractivity contribution in [2.75, 3.05) is 0 Å². The molecule has 0 aromatic heterocycles. The van der Waals surface area contributed by atoms with Gasteiger partial charge in [-0.25, -0.2) is 0 Å². The van der Waals surface area contributed by atoms with E-state index >= 15 is 0 Å². The van der Waals surface area contributed by atoms with Crippen molar-refractivity contribution in [3.63, 3.8) is 0 Å². The average molecular weight is 218 g/mol. The molecule has 0 aliphatic carbocycles.